The van der Waals surface area contributed by atoms with Crippen molar-refractivity contribution in [2.45, 2.75) is 39.7 Å². The van der Waals surface area contributed by atoms with Crippen molar-refractivity contribution < 1.29 is 19.1 Å². The van der Waals surface area contributed by atoms with E-state index in [1.807, 2.05) is 20.8 Å². The SMILES string of the molecule is CCOC(=O)CN(CCOC)C(=O)CCNC(C)(C)C. The number of ether oxygens (including phenoxy) is 2. The lowest BCUT2D eigenvalue weighted by Gasteiger charge is -2.24. The van der Waals surface area contributed by atoms with E-state index < -0.39 is 0 Å². The fourth-order valence-electron chi connectivity index (χ4n) is 1.56. The van der Waals surface area contributed by atoms with E-state index in [0.717, 1.165) is 0 Å². The van der Waals surface area contributed by atoms with Crippen LogP contribution in [-0.2, 0) is 19.1 Å². The van der Waals surface area contributed by atoms with Crippen LogP contribution in [0.1, 0.15) is 34.1 Å². The number of esters is 1. The molecule has 6 heteroatoms. The Morgan fingerprint density at radius 3 is 2.40 bits per heavy atom. The van der Waals surface area contributed by atoms with Crippen LogP contribution in [0.5, 0.6) is 0 Å². The van der Waals surface area contributed by atoms with Crippen molar-refractivity contribution in [1.82, 2.24) is 10.2 Å². The topological polar surface area (TPSA) is 67.9 Å². The molecular weight excluding hydrogens is 260 g/mol. The molecule has 0 unspecified atom stereocenters. The molecule has 0 rings (SSSR count). The number of rotatable bonds is 9. The highest BCUT2D eigenvalue weighted by Crippen LogP contribution is 2.00. The van der Waals surface area contributed by atoms with Crippen molar-refractivity contribution in [2.75, 3.05) is 40.0 Å². The minimum absolute atomic E-state index is 0.0223. The van der Waals surface area contributed by atoms with Crippen LogP contribution in [0.15, 0.2) is 0 Å². The largest absolute Gasteiger partial charge is 0.465 e. The number of nitrogens with zero attached hydrogens (tertiary/aromatic N) is 1. The summed E-state index contributed by atoms with van der Waals surface area (Å²) in [4.78, 5) is 25.1. The summed E-state index contributed by atoms with van der Waals surface area (Å²) in [5.74, 6) is -0.465. The Morgan fingerprint density at radius 1 is 1.25 bits per heavy atom. The molecule has 1 amide bonds. The molecular formula is C14H28N2O4. The number of nitrogens with one attached hydrogen (secondary N) is 1. The van der Waals surface area contributed by atoms with E-state index in [9.17, 15) is 9.59 Å². The molecule has 0 aromatic rings. The second kappa shape index (κ2) is 9.72. The third-order valence-electron chi connectivity index (χ3n) is 2.54. The first-order valence-electron chi connectivity index (χ1n) is 6.97. The Labute approximate surface area is 121 Å². The summed E-state index contributed by atoms with van der Waals surface area (Å²) >= 11 is 0. The van der Waals surface area contributed by atoms with Gasteiger partial charge in [-0.1, -0.05) is 0 Å². The van der Waals surface area contributed by atoms with Crippen LogP contribution in [0, 0.1) is 0 Å². The molecule has 0 bridgehead atoms. The highest BCUT2D eigenvalue weighted by atomic mass is 16.5. The molecule has 0 fully saturated rings. The van der Waals surface area contributed by atoms with Gasteiger partial charge in [0.15, 0.2) is 0 Å². The van der Waals surface area contributed by atoms with Gasteiger partial charge in [-0.15, -0.1) is 0 Å². The first-order chi connectivity index (χ1) is 9.30. The molecule has 1 N–H and O–H groups in total. The second-order valence-electron chi connectivity index (χ2n) is 5.54. The van der Waals surface area contributed by atoms with Crippen LogP contribution in [0.25, 0.3) is 0 Å². The molecule has 20 heavy (non-hydrogen) atoms. The minimum Gasteiger partial charge on any atom is -0.465 e. The Bertz CT molecular complexity index is 300. The molecule has 0 aromatic carbocycles. The van der Waals surface area contributed by atoms with Crippen LogP contribution in [0.4, 0.5) is 0 Å². The van der Waals surface area contributed by atoms with E-state index >= 15 is 0 Å². The predicted molar refractivity (Wildman–Crippen MR) is 77.5 cm³/mol. The van der Waals surface area contributed by atoms with Crippen molar-refractivity contribution in [3.05, 3.63) is 0 Å². The standard InChI is InChI=1S/C14H28N2O4/c1-6-20-13(18)11-16(9-10-19-5)12(17)7-8-15-14(2,3)4/h15H,6-11H2,1-5H3. The zero-order chi connectivity index (χ0) is 15.6. The van der Waals surface area contributed by atoms with Gasteiger partial charge < -0.3 is 19.7 Å². The Hall–Kier alpha value is -1.14. The third-order valence-corrected chi connectivity index (χ3v) is 2.54. The van der Waals surface area contributed by atoms with E-state index in [1.165, 1.54) is 4.90 Å². The Balaban J connectivity index is 4.29. The van der Waals surface area contributed by atoms with Gasteiger partial charge in [0, 0.05) is 32.2 Å². The summed E-state index contributed by atoms with van der Waals surface area (Å²) in [6.45, 7) is 9.53. The number of amides is 1. The van der Waals surface area contributed by atoms with E-state index in [1.54, 1.807) is 14.0 Å². The van der Waals surface area contributed by atoms with Crippen LogP contribution < -0.4 is 5.32 Å². The fraction of sp³-hybridized carbons (Fsp3) is 0.857. The average Bonchev–Trinajstić information content (AvgIpc) is 2.33. The quantitative estimate of drug-likeness (QED) is 0.636. The number of methoxy groups -OCH3 is 1. The molecule has 0 saturated carbocycles. The molecule has 0 heterocycles. The smallest absolute Gasteiger partial charge is 0.325 e. The van der Waals surface area contributed by atoms with Gasteiger partial charge in [0.1, 0.15) is 6.54 Å². The minimum atomic E-state index is -0.388. The Kier molecular flexibility index (Phi) is 9.16. The van der Waals surface area contributed by atoms with Crippen molar-refractivity contribution >= 4 is 11.9 Å². The van der Waals surface area contributed by atoms with E-state index in [4.69, 9.17) is 9.47 Å². The lowest BCUT2D eigenvalue weighted by atomic mass is 10.1. The summed E-state index contributed by atoms with van der Waals surface area (Å²) in [6, 6.07) is 0. The molecule has 6 nitrogen and oxygen atoms in total. The van der Waals surface area contributed by atoms with Crippen LogP contribution in [-0.4, -0.2) is 62.3 Å². The summed E-state index contributed by atoms with van der Waals surface area (Å²) in [6.07, 6.45) is 0.348. The number of carbonyl (C=O) groups is 2. The maximum atomic E-state index is 12.1. The van der Waals surface area contributed by atoms with Crippen molar-refractivity contribution in [3.63, 3.8) is 0 Å². The lowest BCUT2D eigenvalue weighted by molar-refractivity contribution is -0.149. The maximum Gasteiger partial charge on any atom is 0.325 e. The number of hydrogen-bond acceptors (Lipinski definition) is 5. The highest BCUT2D eigenvalue weighted by molar-refractivity contribution is 5.82. The summed E-state index contributed by atoms with van der Waals surface area (Å²) < 4.78 is 9.83. The first kappa shape index (κ1) is 18.9. The molecule has 0 aliphatic rings. The maximum absolute atomic E-state index is 12.1. The molecule has 0 aromatic heterocycles. The van der Waals surface area contributed by atoms with Gasteiger partial charge in [-0.05, 0) is 27.7 Å². The zero-order valence-electron chi connectivity index (χ0n) is 13.3. The monoisotopic (exact) mass is 288 g/mol. The van der Waals surface area contributed by atoms with E-state index in [-0.39, 0.29) is 24.0 Å². The molecule has 0 radical (unpaired) electrons. The van der Waals surface area contributed by atoms with Crippen molar-refractivity contribution in [3.8, 4) is 0 Å². The second-order valence-corrected chi connectivity index (χ2v) is 5.54. The molecule has 0 atom stereocenters. The lowest BCUT2D eigenvalue weighted by Crippen LogP contribution is -2.42. The summed E-state index contributed by atoms with van der Waals surface area (Å²) in [5, 5.41) is 3.25. The van der Waals surface area contributed by atoms with Gasteiger partial charge in [0.05, 0.1) is 13.2 Å². The third kappa shape index (κ3) is 9.75. The van der Waals surface area contributed by atoms with Crippen LogP contribution >= 0.6 is 0 Å². The number of carbonyl (C=O) groups excluding carboxylic acids is 2. The van der Waals surface area contributed by atoms with Gasteiger partial charge in [0.2, 0.25) is 5.91 Å². The van der Waals surface area contributed by atoms with E-state index in [2.05, 4.69) is 5.32 Å². The highest BCUT2D eigenvalue weighted by Gasteiger charge is 2.18. The van der Waals surface area contributed by atoms with Gasteiger partial charge in [0.25, 0.3) is 0 Å². The van der Waals surface area contributed by atoms with Gasteiger partial charge in [-0.3, -0.25) is 9.59 Å². The normalized spacial score (nSPS) is 11.2. The molecule has 0 aliphatic heterocycles. The first-order valence-corrected chi connectivity index (χ1v) is 6.97. The summed E-state index contributed by atoms with van der Waals surface area (Å²) in [5.41, 5.74) is -0.0290. The molecule has 0 aliphatic carbocycles. The van der Waals surface area contributed by atoms with Crippen molar-refractivity contribution in [1.29, 1.82) is 0 Å². The molecule has 118 valence electrons. The van der Waals surface area contributed by atoms with Gasteiger partial charge in [-0.2, -0.15) is 0 Å². The molecule has 0 spiro atoms. The van der Waals surface area contributed by atoms with Crippen LogP contribution in [0.3, 0.4) is 0 Å². The van der Waals surface area contributed by atoms with Gasteiger partial charge in [-0.25, -0.2) is 0 Å². The average molecular weight is 288 g/mol. The van der Waals surface area contributed by atoms with Gasteiger partial charge >= 0.3 is 5.97 Å². The fourth-order valence-corrected chi connectivity index (χ4v) is 1.56. The molecule has 0 saturated heterocycles. The number of hydrogen-bond donors (Lipinski definition) is 1. The summed E-state index contributed by atoms with van der Waals surface area (Å²) in [7, 11) is 1.56. The van der Waals surface area contributed by atoms with Crippen LogP contribution in [0.2, 0.25) is 0 Å². The predicted octanol–water partition coefficient (Wildman–Crippen LogP) is 0.803. The Morgan fingerprint density at radius 2 is 1.90 bits per heavy atom. The van der Waals surface area contributed by atoms with E-state index in [0.29, 0.717) is 32.7 Å². The van der Waals surface area contributed by atoms with Crippen molar-refractivity contribution in [2.24, 2.45) is 0 Å². The zero-order valence-corrected chi connectivity index (χ0v) is 13.3.